The predicted molar refractivity (Wildman–Crippen MR) is 76.7 cm³/mol. The van der Waals surface area contributed by atoms with E-state index in [4.69, 9.17) is 0 Å². The van der Waals surface area contributed by atoms with Gasteiger partial charge in [0.25, 0.3) is 0 Å². The zero-order chi connectivity index (χ0) is 14.5. The van der Waals surface area contributed by atoms with Gasteiger partial charge in [-0.2, -0.15) is 5.10 Å². The van der Waals surface area contributed by atoms with Crippen LogP contribution in [0.1, 0.15) is 29.4 Å². The van der Waals surface area contributed by atoms with Gasteiger partial charge in [-0.1, -0.05) is 0 Å². The molecular weight excluding hydrogens is 254 g/mol. The molecule has 0 bridgehead atoms. The molecule has 0 aliphatic carbocycles. The third-order valence-electron chi connectivity index (χ3n) is 2.92. The van der Waals surface area contributed by atoms with E-state index in [2.05, 4.69) is 10.4 Å². The summed E-state index contributed by atoms with van der Waals surface area (Å²) in [5, 5.41) is 7.01. The summed E-state index contributed by atoms with van der Waals surface area (Å²) < 4.78 is 1.74. The Morgan fingerprint density at radius 3 is 2.45 bits per heavy atom. The first-order valence-electron chi connectivity index (χ1n) is 6.45. The minimum Gasteiger partial charge on any atom is -0.326 e. The summed E-state index contributed by atoms with van der Waals surface area (Å²) in [5.74, 6) is -0.0642. The molecule has 0 saturated carbocycles. The van der Waals surface area contributed by atoms with E-state index >= 15 is 0 Å². The minimum atomic E-state index is -0.0753. The molecule has 0 radical (unpaired) electrons. The molecule has 0 fully saturated rings. The van der Waals surface area contributed by atoms with Gasteiger partial charge in [-0.25, -0.2) is 0 Å². The molecule has 1 N–H and O–H groups in total. The number of benzene rings is 1. The van der Waals surface area contributed by atoms with Crippen molar-refractivity contribution in [2.75, 3.05) is 5.32 Å². The maximum Gasteiger partial charge on any atom is 0.226 e. The number of hydrogen-bond donors (Lipinski definition) is 1. The fourth-order valence-electron chi connectivity index (χ4n) is 1.82. The summed E-state index contributed by atoms with van der Waals surface area (Å²) in [6.45, 7) is 3.97. The van der Waals surface area contributed by atoms with Gasteiger partial charge in [0, 0.05) is 30.4 Å². The third kappa shape index (κ3) is 3.78. The number of hydrogen-bond acceptors (Lipinski definition) is 3. The van der Waals surface area contributed by atoms with E-state index in [-0.39, 0.29) is 11.7 Å². The van der Waals surface area contributed by atoms with Crippen molar-refractivity contribution < 1.29 is 9.59 Å². The van der Waals surface area contributed by atoms with Crippen LogP contribution in [0.15, 0.2) is 36.5 Å². The van der Waals surface area contributed by atoms with Gasteiger partial charge in [-0.05, 0) is 44.2 Å². The summed E-state index contributed by atoms with van der Waals surface area (Å²) >= 11 is 0. The molecule has 2 aromatic rings. The van der Waals surface area contributed by atoms with Crippen molar-refractivity contribution in [1.29, 1.82) is 0 Å². The van der Waals surface area contributed by atoms with Crippen LogP contribution in [0.5, 0.6) is 0 Å². The number of nitrogens with zero attached hydrogens (tertiary/aromatic N) is 2. The van der Waals surface area contributed by atoms with E-state index in [1.54, 1.807) is 28.9 Å². The molecule has 2 rings (SSSR count). The van der Waals surface area contributed by atoms with Gasteiger partial charge in [-0.3, -0.25) is 14.3 Å². The molecule has 20 heavy (non-hydrogen) atoms. The number of aromatic nitrogens is 2. The van der Waals surface area contributed by atoms with E-state index in [1.807, 2.05) is 19.2 Å². The molecule has 1 aromatic carbocycles. The summed E-state index contributed by atoms with van der Waals surface area (Å²) in [7, 11) is 0. The first-order valence-corrected chi connectivity index (χ1v) is 6.45. The second-order valence-corrected chi connectivity index (χ2v) is 4.65. The van der Waals surface area contributed by atoms with Crippen LogP contribution >= 0.6 is 0 Å². The normalized spacial score (nSPS) is 10.3. The number of carbonyl (C=O) groups excluding carboxylic acids is 2. The maximum atomic E-state index is 11.8. The highest BCUT2D eigenvalue weighted by Crippen LogP contribution is 2.10. The fourth-order valence-corrected chi connectivity index (χ4v) is 1.82. The van der Waals surface area contributed by atoms with Gasteiger partial charge in [0.1, 0.15) is 0 Å². The van der Waals surface area contributed by atoms with Crippen molar-refractivity contribution in [3.63, 3.8) is 0 Å². The van der Waals surface area contributed by atoms with E-state index in [0.29, 0.717) is 24.2 Å². The van der Waals surface area contributed by atoms with Crippen LogP contribution in [-0.2, 0) is 11.3 Å². The summed E-state index contributed by atoms with van der Waals surface area (Å²) in [5.41, 5.74) is 2.26. The van der Waals surface area contributed by atoms with E-state index < -0.39 is 0 Å². The first kappa shape index (κ1) is 14.0. The number of anilines is 1. The second kappa shape index (κ2) is 6.14. The Morgan fingerprint density at radius 2 is 1.90 bits per heavy atom. The van der Waals surface area contributed by atoms with Crippen LogP contribution in [0.25, 0.3) is 0 Å². The molecule has 5 nitrogen and oxygen atoms in total. The van der Waals surface area contributed by atoms with Crippen molar-refractivity contribution in [2.45, 2.75) is 26.8 Å². The standard InChI is InChI=1S/C15H17N3O2/c1-11-7-9-18(17-11)10-8-15(20)16-14-5-3-13(4-6-14)12(2)19/h3-7,9H,8,10H2,1-2H3,(H,16,20). The lowest BCUT2D eigenvalue weighted by Gasteiger charge is -2.06. The summed E-state index contributed by atoms with van der Waals surface area (Å²) in [6.07, 6.45) is 2.21. The molecule has 104 valence electrons. The molecule has 1 heterocycles. The summed E-state index contributed by atoms with van der Waals surface area (Å²) in [6, 6.07) is 8.77. The largest absolute Gasteiger partial charge is 0.326 e. The zero-order valence-electron chi connectivity index (χ0n) is 11.6. The van der Waals surface area contributed by atoms with E-state index in [1.165, 1.54) is 6.92 Å². The van der Waals surface area contributed by atoms with Gasteiger partial charge >= 0.3 is 0 Å². The molecule has 0 unspecified atom stereocenters. The van der Waals surface area contributed by atoms with Gasteiger partial charge in [0.2, 0.25) is 5.91 Å². The third-order valence-corrected chi connectivity index (χ3v) is 2.92. The first-order chi connectivity index (χ1) is 9.54. The lowest BCUT2D eigenvalue weighted by Crippen LogP contribution is -2.14. The second-order valence-electron chi connectivity index (χ2n) is 4.65. The van der Waals surface area contributed by atoms with Crippen LogP contribution in [0.2, 0.25) is 0 Å². The van der Waals surface area contributed by atoms with Crippen molar-refractivity contribution >= 4 is 17.4 Å². The maximum absolute atomic E-state index is 11.8. The number of amides is 1. The molecule has 5 heteroatoms. The average molecular weight is 271 g/mol. The SMILES string of the molecule is CC(=O)c1ccc(NC(=O)CCn2ccc(C)n2)cc1. The average Bonchev–Trinajstić information content (AvgIpc) is 2.83. The van der Waals surface area contributed by atoms with Gasteiger partial charge in [-0.15, -0.1) is 0 Å². The molecule has 1 aromatic heterocycles. The molecule has 0 aliphatic rings. The molecule has 0 spiro atoms. The Bertz CT molecular complexity index is 614. The van der Waals surface area contributed by atoms with E-state index in [0.717, 1.165) is 5.69 Å². The Hall–Kier alpha value is -2.43. The monoisotopic (exact) mass is 271 g/mol. The van der Waals surface area contributed by atoms with Crippen molar-refractivity contribution in [1.82, 2.24) is 9.78 Å². The van der Waals surface area contributed by atoms with Gasteiger partial charge in [0.05, 0.1) is 5.69 Å². The van der Waals surface area contributed by atoms with Crippen molar-refractivity contribution in [2.24, 2.45) is 0 Å². The predicted octanol–water partition coefficient (Wildman–Crippen LogP) is 2.42. The van der Waals surface area contributed by atoms with Crippen LogP contribution in [-0.4, -0.2) is 21.5 Å². The quantitative estimate of drug-likeness (QED) is 0.849. The Kier molecular flexibility index (Phi) is 4.30. The number of carbonyl (C=O) groups is 2. The molecule has 1 amide bonds. The summed E-state index contributed by atoms with van der Waals surface area (Å²) in [4.78, 5) is 22.9. The number of Topliss-reactive ketones (excluding diaryl/α,β-unsaturated/α-hetero) is 1. The number of nitrogens with one attached hydrogen (secondary N) is 1. The highest BCUT2D eigenvalue weighted by atomic mass is 16.1. The molecular formula is C15H17N3O2. The fraction of sp³-hybridized carbons (Fsp3) is 0.267. The van der Waals surface area contributed by atoms with Crippen LogP contribution in [0, 0.1) is 6.92 Å². The highest BCUT2D eigenvalue weighted by molar-refractivity contribution is 5.95. The van der Waals surface area contributed by atoms with Gasteiger partial charge < -0.3 is 5.32 Å². The highest BCUT2D eigenvalue weighted by Gasteiger charge is 2.04. The van der Waals surface area contributed by atoms with Crippen LogP contribution in [0.4, 0.5) is 5.69 Å². The molecule has 0 atom stereocenters. The Morgan fingerprint density at radius 1 is 1.20 bits per heavy atom. The van der Waals surface area contributed by atoms with Gasteiger partial charge in [0.15, 0.2) is 5.78 Å². The van der Waals surface area contributed by atoms with E-state index in [9.17, 15) is 9.59 Å². The number of ketones is 1. The Labute approximate surface area is 117 Å². The van der Waals surface area contributed by atoms with Crippen molar-refractivity contribution in [3.05, 3.63) is 47.8 Å². The minimum absolute atomic E-state index is 0.0110. The Balaban J connectivity index is 1.86. The lowest BCUT2D eigenvalue weighted by atomic mass is 10.1. The van der Waals surface area contributed by atoms with Crippen LogP contribution < -0.4 is 5.32 Å². The topological polar surface area (TPSA) is 64.0 Å². The smallest absolute Gasteiger partial charge is 0.226 e. The molecule has 0 saturated heterocycles. The zero-order valence-corrected chi connectivity index (χ0v) is 11.6. The lowest BCUT2D eigenvalue weighted by molar-refractivity contribution is -0.116. The van der Waals surface area contributed by atoms with Crippen LogP contribution in [0.3, 0.4) is 0 Å². The van der Waals surface area contributed by atoms with Crippen molar-refractivity contribution in [3.8, 4) is 0 Å². The molecule has 0 aliphatic heterocycles. The number of rotatable bonds is 5. The number of aryl methyl sites for hydroxylation is 2.